The Hall–Kier alpha value is -1.45. The second kappa shape index (κ2) is 6.64. The van der Waals surface area contributed by atoms with Crippen molar-refractivity contribution in [2.45, 2.75) is 13.0 Å². The minimum absolute atomic E-state index is 0.115. The van der Waals surface area contributed by atoms with E-state index in [1.807, 2.05) is 42.5 Å². The average molecular weight is 318 g/mol. The van der Waals surface area contributed by atoms with Gasteiger partial charge in [0.15, 0.2) is 5.78 Å². The molecule has 0 aliphatic heterocycles. The van der Waals surface area contributed by atoms with Crippen molar-refractivity contribution in [3.8, 4) is 0 Å². The van der Waals surface area contributed by atoms with Gasteiger partial charge in [-0.25, -0.2) is 0 Å². The van der Waals surface area contributed by atoms with E-state index >= 15 is 0 Å². The summed E-state index contributed by atoms with van der Waals surface area (Å²) in [6.45, 7) is 2.41. The first-order valence-electron chi connectivity index (χ1n) is 6.24. The highest BCUT2D eigenvalue weighted by molar-refractivity contribution is 9.10. The number of rotatable bonds is 5. The molecule has 0 aliphatic carbocycles. The third kappa shape index (κ3) is 4.01. The van der Waals surface area contributed by atoms with Gasteiger partial charge in [0, 0.05) is 16.1 Å². The molecule has 2 aromatic carbocycles. The van der Waals surface area contributed by atoms with Crippen molar-refractivity contribution in [2.24, 2.45) is 0 Å². The maximum Gasteiger partial charge on any atom is 0.176 e. The highest BCUT2D eigenvalue weighted by Crippen LogP contribution is 2.16. The maximum absolute atomic E-state index is 12.0. The third-order valence-electron chi connectivity index (χ3n) is 3.03. The van der Waals surface area contributed by atoms with Crippen molar-refractivity contribution in [3.05, 3.63) is 70.2 Å². The normalized spacial score (nSPS) is 12.1. The van der Waals surface area contributed by atoms with E-state index in [4.69, 9.17) is 0 Å². The standard InChI is InChI=1S/C16H16BrNO/c1-12(13-7-9-15(17)10-8-13)18-11-16(19)14-5-3-2-4-6-14/h2-10,12,18H,11H2,1H3. The van der Waals surface area contributed by atoms with E-state index in [1.165, 1.54) is 5.56 Å². The molecule has 2 aromatic rings. The minimum Gasteiger partial charge on any atom is -0.303 e. The molecule has 0 aromatic heterocycles. The van der Waals surface area contributed by atoms with Gasteiger partial charge in [-0.2, -0.15) is 0 Å². The van der Waals surface area contributed by atoms with Gasteiger partial charge in [0.25, 0.3) is 0 Å². The fourth-order valence-electron chi connectivity index (χ4n) is 1.84. The first-order chi connectivity index (χ1) is 9.16. The van der Waals surface area contributed by atoms with E-state index in [9.17, 15) is 4.79 Å². The molecular weight excluding hydrogens is 302 g/mol. The first-order valence-corrected chi connectivity index (χ1v) is 7.03. The number of hydrogen-bond donors (Lipinski definition) is 1. The van der Waals surface area contributed by atoms with E-state index < -0.39 is 0 Å². The summed E-state index contributed by atoms with van der Waals surface area (Å²) in [7, 11) is 0. The highest BCUT2D eigenvalue weighted by atomic mass is 79.9. The molecule has 0 heterocycles. The second-order valence-corrected chi connectivity index (χ2v) is 5.36. The van der Waals surface area contributed by atoms with Crippen LogP contribution in [0, 0.1) is 0 Å². The molecule has 0 spiro atoms. The number of halogens is 1. The Morgan fingerprint density at radius 1 is 1.11 bits per heavy atom. The zero-order valence-corrected chi connectivity index (χ0v) is 12.4. The van der Waals surface area contributed by atoms with Crippen molar-refractivity contribution < 1.29 is 4.79 Å². The summed E-state index contributed by atoms with van der Waals surface area (Å²) in [6, 6.07) is 17.6. The lowest BCUT2D eigenvalue weighted by molar-refractivity contribution is 0.0988. The Labute approximate surface area is 122 Å². The smallest absolute Gasteiger partial charge is 0.176 e. The molecule has 0 radical (unpaired) electrons. The highest BCUT2D eigenvalue weighted by Gasteiger charge is 2.09. The Morgan fingerprint density at radius 2 is 1.74 bits per heavy atom. The summed E-state index contributed by atoms with van der Waals surface area (Å²) < 4.78 is 1.06. The number of nitrogens with one attached hydrogen (secondary N) is 1. The van der Waals surface area contributed by atoms with Gasteiger partial charge in [-0.05, 0) is 24.6 Å². The number of carbonyl (C=O) groups excluding carboxylic acids is 1. The summed E-state index contributed by atoms with van der Waals surface area (Å²) in [5.41, 5.74) is 1.92. The van der Waals surface area contributed by atoms with Gasteiger partial charge in [0.05, 0.1) is 6.54 Å². The predicted octanol–water partition coefficient (Wildman–Crippen LogP) is 3.98. The summed E-state index contributed by atoms with van der Waals surface area (Å²) in [5, 5.41) is 3.25. The molecule has 0 bridgehead atoms. The Morgan fingerprint density at radius 3 is 2.37 bits per heavy atom. The van der Waals surface area contributed by atoms with Crippen LogP contribution in [-0.4, -0.2) is 12.3 Å². The second-order valence-electron chi connectivity index (χ2n) is 4.44. The minimum atomic E-state index is 0.115. The average Bonchev–Trinajstić information content (AvgIpc) is 2.46. The molecule has 0 aliphatic rings. The van der Waals surface area contributed by atoms with Gasteiger partial charge in [-0.3, -0.25) is 4.79 Å². The van der Waals surface area contributed by atoms with Crippen LogP contribution in [0.25, 0.3) is 0 Å². The van der Waals surface area contributed by atoms with Crippen molar-refractivity contribution in [1.82, 2.24) is 5.32 Å². The van der Waals surface area contributed by atoms with Gasteiger partial charge in [0.2, 0.25) is 0 Å². The fraction of sp³-hybridized carbons (Fsp3) is 0.188. The van der Waals surface area contributed by atoms with Crippen LogP contribution in [0.1, 0.15) is 28.9 Å². The number of carbonyl (C=O) groups is 1. The molecule has 0 saturated carbocycles. The lowest BCUT2D eigenvalue weighted by Gasteiger charge is -2.13. The van der Waals surface area contributed by atoms with E-state index in [-0.39, 0.29) is 11.8 Å². The molecule has 0 fully saturated rings. The quantitative estimate of drug-likeness (QED) is 0.845. The van der Waals surface area contributed by atoms with E-state index in [2.05, 4.69) is 40.3 Å². The summed E-state index contributed by atoms with van der Waals surface area (Å²) in [6.07, 6.45) is 0. The zero-order valence-electron chi connectivity index (χ0n) is 10.8. The molecule has 1 atom stereocenters. The van der Waals surface area contributed by atoms with Crippen LogP contribution in [0.15, 0.2) is 59.1 Å². The summed E-state index contributed by atoms with van der Waals surface area (Å²) >= 11 is 3.41. The molecule has 1 N–H and O–H groups in total. The van der Waals surface area contributed by atoms with Gasteiger partial charge in [-0.15, -0.1) is 0 Å². The summed E-state index contributed by atoms with van der Waals surface area (Å²) in [5.74, 6) is 0.115. The zero-order chi connectivity index (χ0) is 13.7. The monoisotopic (exact) mass is 317 g/mol. The van der Waals surface area contributed by atoms with Crippen LogP contribution >= 0.6 is 15.9 Å². The Kier molecular flexibility index (Phi) is 4.88. The molecule has 3 heteroatoms. The molecule has 19 heavy (non-hydrogen) atoms. The molecule has 0 amide bonds. The van der Waals surface area contributed by atoms with Crippen LogP contribution in [0.2, 0.25) is 0 Å². The van der Waals surface area contributed by atoms with Gasteiger partial charge in [-0.1, -0.05) is 58.4 Å². The topological polar surface area (TPSA) is 29.1 Å². The number of ketones is 1. The molecule has 1 unspecified atom stereocenters. The van der Waals surface area contributed by atoms with Crippen LogP contribution < -0.4 is 5.32 Å². The van der Waals surface area contributed by atoms with Gasteiger partial charge >= 0.3 is 0 Å². The van der Waals surface area contributed by atoms with Crippen molar-refractivity contribution in [1.29, 1.82) is 0 Å². The molecule has 2 nitrogen and oxygen atoms in total. The Bertz CT molecular complexity index is 536. The van der Waals surface area contributed by atoms with E-state index in [1.54, 1.807) is 0 Å². The van der Waals surface area contributed by atoms with Crippen molar-refractivity contribution in [2.75, 3.05) is 6.54 Å². The summed E-state index contributed by atoms with van der Waals surface area (Å²) in [4.78, 5) is 12.0. The fourth-order valence-corrected chi connectivity index (χ4v) is 2.11. The molecular formula is C16H16BrNO. The van der Waals surface area contributed by atoms with Crippen LogP contribution in [0.4, 0.5) is 0 Å². The first kappa shape index (κ1) is 14.0. The molecule has 2 rings (SSSR count). The van der Waals surface area contributed by atoms with Crippen LogP contribution in [-0.2, 0) is 0 Å². The number of Topliss-reactive ketones (excluding diaryl/α,β-unsaturated/α-hetero) is 1. The van der Waals surface area contributed by atoms with E-state index in [0.29, 0.717) is 6.54 Å². The molecule has 98 valence electrons. The lowest BCUT2D eigenvalue weighted by atomic mass is 10.1. The third-order valence-corrected chi connectivity index (χ3v) is 3.56. The maximum atomic E-state index is 12.0. The largest absolute Gasteiger partial charge is 0.303 e. The van der Waals surface area contributed by atoms with Gasteiger partial charge in [0.1, 0.15) is 0 Å². The van der Waals surface area contributed by atoms with Crippen molar-refractivity contribution in [3.63, 3.8) is 0 Å². The van der Waals surface area contributed by atoms with Gasteiger partial charge < -0.3 is 5.32 Å². The SMILES string of the molecule is CC(NCC(=O)c1ccccc1)c1ccc(Br)cc1. The predicted molar refractivity (Wildman–Crippen MR) is 81.3 cm³/mol. The lowest BCUT2D eigenvalue weighted by Crippen LogP contribution is -2.25. The Balaban J connectivity index is 1.92. The van der Waals surface area contributed by atoms with Crippen LogP contribution in [0.3, 0.4) is 0 Å². The van der Waals surface area contributed by atoms with Crippen molar-refractivity contribution >= 4 is 21.7 Å². The number of hydrogen-bond acceptors (Lipinski definition) is 2. The molecule has 0 saturated heterocycles. The van der Waals surface area contributed by atoms with E-state index in [0.717, 1.165) is 10.0 Å². The number of benzene rings is 2. The van der Waals surface area contributed by atoms with Crippen LogP contribution in [0.5, 0.6) is 0 Å².